The first-order chi connectivity index (χ1) is 10.6. The van der Waals surface area contributed by atoms with Gasteiger partial charge in [-0.25, -0.2) is 4.39 Å². The maximum atomic E-state index is 13.5. The third kappa shape index (κ3) is 4.46. The number of rotatable bonds is 6. The minimum atomic E-state index is -0.256. The molecule has 0 aromatic heterocycles. The van der Waals surface area contributed by atoms with Crippen molar-refractivity contribution in [2.75, 3.05) is 13.7 Å². The lowest BCUT2D eigenvalue weighted by Crippen LogP contribution is -2.27. The fraction of sp³-hybridized carbons (Fsp3) is 0.235. The molecule has 0 radical (unpaired) electrons. The smallest absolute Gasteiger partial charge is 0.224 e. The Morgan fingerprint density at radius 2 is 2.00 bits per heavy atom. The van der Waals surface area contributed by atoms with Crippen LogP contribution in [0.15, 0.2) is 42.5 Å². The molecule has 0 aliphatic rings. The van der Waals surface area contributed by atoms with E-state index in [2.05, 4.69) is 5.32 Å². The van der Waals surface area contributed by atoms with Crippen molar-refractivity contribution in [2.45, 2.75) is 12.8 Å². The van der Waals surface area contributed by atoms with E-state index in [-0.39, 0.29) is 18.1 Å². The Bertz CT molecular complexity index is 661. The molecule has 3 nitrogen and oxygen atoms in total. The van der Waals surface area contributed by atoms with E-state index in [1.165, 1.54) is 6.07 Å². The summed E-state index contributed by atoms with van der Waals surface area (Å²) in [6.07, 6.45) is 0.617. The number of carbonyl (C=O) groups is 1. The Morgan fingerprint density at radius 1 is 1.23 bits per heavy atom. The van der Waals surface area contributed by atoms with Crippen molar-refractivity contribution >= 4 is 17.5 Å². The Labute approximate surface area is 134 Å². The van der Waals surface area contributed by atoms with Crippen LogP contribution in [0.2, 0.25) is 5.02 Å². The number of halogens is 2. The van der Waals surface area contributed by atoms with Gasteiger partial charge in [0.05, 0.1) is 13.5 Å². The second-order valence-electron chi connectivity index (χ2n) is 4.82. The van der Waals surface area contributed by atoms with E-state index in [4.69, 9.17) is 16.3 Å². The van der Waals surface area contributed by atoms with Gasteiger partial charge in [0, 0.05) is 17.1 Å². The molecular formula is C17H17ClFNO2. The summed E-state index contributed by atoms with van der Waals surface area (Å²) in [5, 5.41) is 3.32. The molecule has 0 unspecified atom stereocenters. The lowest BCUT2D eigenvalue weighted by molar-refractivity contribution is -0.120. The van der Waals surface area contributed by atoms with Gasteiger partial charge in [-0.15, -0.1) is 0 Å². The average Bonchev–Trinajstić information content (AvgIpc) is 2.49. The molecule has 2 aromatic carbocycles. The van der Waals surface area contributed by atoms with E-state index in [1.54, 1.807) is 43.5 Å². The van der Waals surface area contributed by atoms with Crippen LogP contribution < -0.4 is 10.1 Å². The third-order valence-corrected chi connectivity index (χ3v) is 3.50. The van der Waals surface area contributed by atoms with Gasteiger partial charge in [-0.1, -0.05) is 29.8 Å². The van der Waals surface area contributed by atoms with Crippen LogP contribution in [0.1, 0.15) is 11.1 Å². The molecule has 0 aliphatic carbocycles. The van der Waals surface area contributed by atoms with Crippen LogP contribution in [-0.4, -0.2) is 19.6 Å². The number of benzene rings is 2. The Morgan fingerprint density at radius 3 is 2.73 bits per heavy atom. The number of ether oxygens (including phenoxy) is 1. The zero-order chi connectivity index (χ0) is 15.9. The van der Waals surface area contributed by atoms with Gasteiger partial charge in [0.15, 0.2) is 0 Å². The maximum Gasteiger partial charge on any atom is 0.224 e. The molecule has 0 bridgehead atoms. The lowest BCUT2D eigenvalue weighted by Gasteiger charge is -2.10. The molecule has 2 aromatic rings. The van der Waals surface area contributed by atoms with Gasteiger partial charge in [-0.05, 0) is 36.2 Å². The molecule has 0 spiro atoms. The first-order valence-corrected chi connectivity index (χ1v) is 7.30. The summed E-state index contributed by atoms with van der Waals surface area (Å²) in [6.45, 7) is 0.378. The summed E-state index contributed by atoms with van der Waals surface area (Å²) < 4.78 is 18.7. The largest absolute Gasteiger partial charge is 0.496 e. The quantitative estimate of drug-likeness (QED) is 0.885. The fourth-order valence-corrected chi connectivity index (χ4v) is 2.35. The minimum Gasteiger partial charge on any atom is -0.496 e. The van der Waals surface area contributed by atoms with Gasteiger partial charge in [0.1, 0.15) is 11.6 Å². The molecular weight excluding hydrogens is 305 g/mol. The van der Waals surface area contributed by atoms with E-state index in [9.17, 15) is 9.18 Å². The molecule has 0 fully saturated rings. The number of methoxy groups -OCH3 is 1. The van der Waals surface area contributed by atoms with Gasteiger partial charge in [-0.2, -0.15) is 0 Å². The summed E-state index contributed by atoms with van der Waals surface area (Å²) in [5.41, 5.74) is 1.31. The fourth-order valence-electron chi connectivity index (χ4n) is 2.16. The van der Waals surface area contributed by atoms with E-state index in [0.29, 0.717) is 29.3 Å². The highest BCUT2D eigenvalue weighted by atomic mass is 35.5. The van der Waals surface area contributed by atoms with Crippen molar-refractivity contribution in [2.24, 2.45) is 0 Å². The van der Waals surface area contributed by atoms with E-state index >= 15 is 0 Å². The molecule has 2 rings (SSSR count). The highest BCUT2D eigenvalue weighted by Crippen LogP contribution is 2.22. The van der Waals surface area contributed by atoms with Crippen LogP contribution >= 0.6 is 11.6 Å². The maximum absolute atomic E-state index is 13.5. The third-order valence-electron chi connectivity index (χ3n) is 3.27. The Kier molecular flexibility index (Phi) is 5.78. The molecule has 0 saturated heterocycles. The second-order valence-corrected chi connectivity index (χ2v) is 5.26. The summed E-state index contributed by atoms with van der Waals surface area (Å²) >= 11 is 5.93. The van der Waals surface area contributed by atoms with E-state index in [1.807, 2.05) is 0 Å². The summed E-state index contributed by atoms with van der Waals surface area (Å²) in [5.74, 6) is 0.207. The SMILES string of the molecule is COc1ccc(Cl)cc1CC(=O)NCCc1ccccc1F. The average molecular weight is 322 g/mol. The van der Waals surface area contributed by atoms with Crippen molar-refractivity contribution in [3.05, 3.63) is 64.4 Å². The Balaban J connectivity index is 1.88. The molecule has 0 atom stereocenters. The Hall–Kier alpha value is -2.07. The highest BCUT2D eigenvalue weighted by Gasteiger charge is 2.09. The van der Waals surface area contributed by atoms with Crippen LogP contribution in [0.5, 0.6) is 5.75 Å². The number of nitrogens with one attached hydrogen (secondary N) is 1. The molecule has 116 valence electrons. The second kappa shape index (κ2) is 7.80. The van der Waals surface area contributed by atoms with Crippen molar-refractivity contribution in [3.63, 3.8) is 0 Å². The normalized spacial score (nSPS) is 10.3. The number of carbonyl (C=O) groups excluding carboxylic acids is 1. The number of hydrogen-bond donors (Lipinski definition) is 1. The van der Waals surface area contributed by atoms with Crippen molar-refractivity contribution in [1.29, 1.82) is 0 Å². The van der Waals surface area contributed by atoms with Gasteiger partial charge >= 0.3 is 0 Å². The monoisotopic (exact) mass is 321 g/mol. The van der Waals surface area contributed by atoms with Gasteiger partial charge in [-0.3, -0.25) is 4.79 Å². The molecule has 1 amide bonds. The minimum absolute atomic E-state index is 0.156. The zero-order valence-electron chi connectivity index (χ0n) is 12.2. The van der Waals surface area contributed by atoms with Gasteiger partial charge in [0.2, 0.25) is 5.91 Å². The predicted octanol–water partition coefficient (Wildman–Crippen LogP) is 3.39. The van der Waals surface area contributed by atoms with Crippen LogP contribution in [0.4, 0.5) is 4.39 Å². The summed E-state index contributed by atoms with van der Waals surface area (Å²) in [6, 6.07) is 11.7. The first kappa shape index (κ1) is 16.3. The van der Waals surface area contributed by atoms with Crippen molar-refractivity contribution < 1.29 is 13.9 Å². The van der Waals surface area contributed by atoms with Crippen molar-refractivity contribution in [3.8, 4) is 5.75 Å². The standard InChI is InChI=1S/C17H17ClFNO2/c1-22-16-7-6-14(18)10-13(16)11-17(21)20-9-8-12-4-2-3-5-15(12)19/h2-7,10H,8-9,11H2,1H3,(H,20,21). The van der Waals surface area contributed by atoms with Crippen LogP contribution in [0.3, 0.4) is 0 Å². The molecule has 0 saturated carbocycles. The van der Waals surface area contributed by atoms with E-state index < -0.39 is 0 Å². The molecule has 22 heavy (non-hydrogen) atoms. The zero-order valence-corrected chi connectivity index (χ0v) is 13.0. The van der Waals surface area contributed by atoms with Crippen LogP contribution in [0, 0.1) is 5.82 Å². The predicted molar refractivity (Wildman–Crippen MR) is 84.8 cm³/mol. The van der Waals surface area contributed by atoms with E-state index in [0.717, 1.165) is 5.56 Å². The number of amides is 1. The lowest BCUT2D eigenvalue weighted by atomic mass is 10.1. The highest BCUT2D eigenvalue weighted by molar-refractivity contribution is 6.30. The van der Waals surface area contributed by atoms with Gasteiger partial charge in [0.25, 0.3) is 0 Å². The van der Waals surface area contributed by atoms with Gasteiger partial charge < -0.3 is 10.1 Å². The summed E-state index contributed by atoms with van der Waals surface area (Å²) in [4.78, 5) is 12.0. The molecule has 5 heteroatoms. The molecule has 0 aliphatic heterocycles. The number of hydrogen-bond acceptors (Lipinski definition) is 2. The first-order valence-electron chi connectivity index (χ1n) is 6.92. The molecule has 0 heterocycles. The topological polar surface area (TPSA) is 38.3 Å². The van der Waals surface area contributed by atoms with Crippen LogP contribution in [-0.2, 0) is 17.6 Å². The summed E-state index contributed by atoms with van der Waals surface area (Å²) in [7, 11) is 1.54. The molecule has 1 N–H and O–H groups in total. The van der Waals surface area contributed by atoms with Crippen molar-refractivity contribution in [1.82, 2.24) is 5.32 Å². The van der Waals surface area contributed by atoms with Crippen LogP contribution in [0.25, 0.3) is 0 Å².